The van der Waals surface area contributed by atoms with Gasteiger partial charge in [-0.2, -0.15) is 5.10 Å². The van der Waals surface area contributed by atoms with Gasteiger partial charge in [0, 0.05) is 5.56 Å². The number of hydrogen-bond acceptors (Lipinski definition) is 2. The van der Waals surface area contributed by atoms with Crippen LogP contribution in [0.25, 0.3) is 0 Å². The molecule has 100 valence electrons. The number of nitrogens with two attached hydrogens (primary N) is 1. The normalized spacial score (nSPS) is 10.7. The second-order valence-corrected chi connectivity index (χ2v) is 4.29. The molecule has 0 atom stereocenters. The highest BCUT2D eigenvalue weighted by Gasteiger charge is 1.99. The quantitative estimate of drug-likeness (QED) is 0.512. The molecule has 2 aromatic carbocycles. The van der Waals surface area contributed by atoms with Gasteiger partial charge in [0.25, 0.3) is 0 Å². The first-order valence-electron chi connectivity index (χ1n) is 5.88. The van der Waals surface area contributed by atoms with E-state index in [2.05, 4.69) is 23.5 Å². The second kappa shape index (κ2) is 6.81. The van der Waals surface area contributed by atoms with E-state index in [0.717, 1.165) is 16.8 Å². The third kappa shape index (κ3) is 4.00. The molecule has 0 heterocycles. The van der Waals surface area contributed by atoms with Crippen molar-refractivity contribution in [2.75, 3.05) is 5.43 Å². The number of halogens is 1. The summed E-state index contributed by atoms with van der Waals surface area (Å²) < 4.78 is 0. The molecule has 0 aromatic heterocycles. The summed E-state index contributed by atoms with van der Waals surface area (Å²) >= 11 is 0. The molecule has 0 fully saturated rings. The number of nitrogens with one attached hydrogen (secondary N) is 1. The van der Waals surface area contributed by atoms with Crippen molar-refractivity contribution >= 4 is 23.9 Å². The van der Waals surface area contributed by atoms with Gasteiger partial charge in [-0.05, 0) is 25.5 Å². The van der Waals surface area contributed by atoms with Crippen LogP contribution >= 0.6 is 12.4 Å². The Labute approximate surface area is 119 Å². The Morgan fingerprint density at radius 1 is 1.05 bits per heavy atom. The van der Waals surface area contributed by atoms with E-state index >= 15 is 0 Å². The lowest BCUT2D eigenvalue weighted by atomic mass is 10.1. The van der Waals surface area contributed by atoms with Gasteiger partial charge in [0.15, 0.2) is 5.84 Å². The molecule has 0 unspecified atom stereocenters. The fourth-order valence-corrected chi connectivity index (χ4v) is 1.73. The summed E-state index contributed by atoms with van der Waals surface area (Å²) in [7, 11) is 0. The van der Waals surface area contributed by atoms with Crippen LogP contribution in [0.1, 0.15) is 16.7 Å². The monoisotopic (exact) mass is 275 g/mol. The van der Waals surface area contributed by atoms with Gasteiger partial charge in [-0.1, -0.05) is 48.0 Å². The van der Waals surface area contributed by atoms with Gasteiger partial charge in [0.2, 0.25) is 0 Å². The summed E-state index contributed by atoms with van der Waals surface area (Å²) in [5, 5.41) is 4.20. The minimum Gasteiger partial charge on any atom is -0.382 e. The number of nitrogens with zero attached hydrogens (tertiary/aromatic N) is 1. The molecular weight excluding hydrogens is 258 g/mol. The van der Waals surface area contributed by atoms with E-state index in [4.69, 9.17) is 5.73 Å². The van der Waals surface area contributed by atoms with Gasteiger partial charge < -0.3 is 5.73 Å². The zero-order valence-corrected chi connectivity index (χ0v) is 11.9. The molecule has 4 heteroatoms. The molecule has 0 saturated heterocycles. The fraction of sp³-hybridized carbons (Fsp3) is 0.133. The number of hydrogen-bond donors (Lipinski definition) is 2. The Balaban J connectivity index is 0.00000180. The van der Waals surface area contributed by atoms with Crippen LogP contribution in [0.5, 0.6) is 0 Å². The summed E-state index contributed by atoms with van der Waals surface area (Å²) in [6.45, 7) is 4.11. The first-order valence-corrected chi connectivity index (χ1v) is 5.88. The predicted octanol–water partition coefficient (Wildman–Crippen LogP) is 3.46. The van der Waals surface area contributed by atoms with Gasteiger partial charge in [-0.15, -0.1) is 12.4 Å². The van der Waals surface area contributed by atoms with E-state index in [9.17, 15) is 0 Å². The van der Waals surface area contributed by atoms with Gasteiger partial charge in [-0.25, -0.2) is 0 Å². The third-order valence-electron chi connectivity index (χ3n) is 2.75. The average Bonchev–Trinajstić information content (AvgIpc) is 2.38. The zero-order valence-electron chi connectivity index (χ0n) is 11.1. The maximum atomic E-state index is 5.91. The lowest BCUT2D eigenvalue weighted by Gasteiger charge is -2.07. The van der Waals surface area contributed by atoms with Crippen molar-refractivity contribution in [3.05, 3.63) is 65.2 Å². The van der Waals surface area contributed by atoms with E-state index in [1.165, 1.54) is 5.56 Å². The van der Waals surface area contributed by atoms with Crippen LogP contribution in [0.3, 0.4) is 0 Å². The standard InChI is InChI=1S/C15H17N3.ClH/c1-11-8-9-14(12(2)10-11)17-18-15(16)13-6-4-3-5-7-13;/h3-10,17H,1-2H3,(H2,16,18);1H. The Hall–Kier alpha value is -2.00. The Morgan fingerprint density at radius 3 is 2.37 bits per heavy atom. The van der Waals surface area contributed by atoms with Crippen LogP contribution in [-0.2, 0) is 0 Å². The van der Waals surface area contributed by atoms with Gasteiger partial charge >= 0.3 is 0 Å². The average molecular weight is 276 g/mol. The number of hydrazone groups is 1. The van der Waals surface area contributed by atoms with Crippen LogP contribution in [0.2, 0.25) is 0 Å². The van der Waals surface area contributed by atoms with Crippen molar-refractivity contribution < 1.29 is 0 Å². The molecule has 0 aliphatic heterocycles. The highest BCUT2D eigenvalue weighted by molar-refractivity contribution is 5.97. The van der Waals surface area contributed by atoms with Gasteiger partial charge in [-0.3, -0.25) is 5.43 Å². The summed E-state index contributed by atoms with van der Waals surface area (Å²) in [5.74, 6) is 0.482. The first kappa shape index (κ1) is 15.1. The number of rotatable bonds is 3. The van der Waals surface area contributed by atoms with Crippen LogP contribution in [-0.4, -0.2) is 5.84 Å². The minimum atomic E-state index is 0. The molecule has 19 heavy (non-hydrogen) atoms. The van der Waals surface area contributed by atoms with Crippen molar-refractivity contribution in [1.29, 1.82) is 0 Å². The molecule has 0 bridgehead atoms. The van der Waals surface area contributed by atoms with Crippen LogP contribution < -0.4 is 11.2 Å². The number of anilines is 1. The predicted molar refractivity (Wildman–Crippen MR) is 84.0 cm³/mol. The van der Waals surface area contributed by atoms with Crippen molar-refractivity contribution in [3.8, 4) is 0 Å². The molecular formula is C15H18ClN3. The fourth-order valence-electron chi connectivity index (χ4n) is 1.73. The summed E-state index contributed by atoms with van der Waals surface area (Å²) in [4.78, 5) is 0. The number of benzene rings is 2. The van der Waals surface area contributed by atoms with Crippen LogP contribution in [0, 0.1) is 13.8 Å². The van der Waals surface area contributed by atoms with Crippen molar-refractivity contribution in [2.24, 2.45) is 10.8 Å². The number of aryl methyl sites for hydroxylation is 2. The van der Waals surface area contributed by atoms with Crippen molar-refractivity contribution in [2.45, 2.75) is 13.8 Å². The second-order valence-electron chi connectivity index (χ2n) is 4.29. The topological polar surface area (TPSA) is 50.4 Å². The molecule has 0 amide bonds. The molecule has 0 spiro atoms. The van der Waals surface area contributed by atoms with E-state index in [0.29, 0.717) is 5.84 Å². The highest BCUT2D eigenvalue weighted by atomic mass is 35.5. The summed E-state index contributed by atoms with van der Waals surface area (Å²) in [6, 6.07) is 15.9. The molecule has 0 saturated carbocycles. The summed E-state index contributed by atoms with van der Waals surface area (Å²) in [5.41, 5.74) is 13.2. The molecule has 2 rings (SSSR count). The van der Waals surface area contributed by atoms with Crippen molar-refractivity contribution in [1.82, 2.24) is 0 Å². The van der Waals surface area contributed by atoms with Crippen LogP contribution in [0.4, 0.5) is 5.69 Å². The Morgan fingerprint density at radius 2 is 1.74 bits per heavy atom. The minimum absolute atomic E-state index is 0. The summed E-state index contributed by atoms with van der Waals surface area (Å²) in [6.07, 6.45) is 0. The van der Waals surface area contributed by atoms with Crippen LogP contribution in [0.15, 0.2) is 53.6 Å². The lowest BCUT2D eigenvalue weighted by Crippen LogP contribution is -2.15. The maximum absolute atomic E-state index is 5.91. The van der Waals surface area contributed by atoms with E-state index in [-0.39, 0.29) is 12.4 Å². The molecule has 0 aliphatic rings. The lowest BCUT2D eigenvalue weighted by molar-refractivity contribution is 1.27. The van der Waals surface area contributed by atoms with Gasteiger partial charge in [0.05, 0.1) is 5.69 Å². The SMILES string of the molecule is Cc1ccc(NN=C(N)c2ccccc2)c(C)c1.Cl. The number of amidine groups is 1. The molecule has 2 aromatic rings. The largest absolute Gasteiger partial charge is 0.382 e. The van der Waals surface area contributed by atoms with Gasteiger partial charge in [0.1, 0.15) is 0 Å². The molecule has 3 N–H and O–H groups in total. The first-order chi connectivity index (χ1) is 8.66. The maximum Gasteiger partial charge on any atom is 0.150 e. The van der Waals surface area contributed by atoms with Crippen molar-refractivity contribution in [3.63, 3.8) is 0 Å². The highest BCUT2D eigenvalue weighted by Crippen LogP contribution is 2.15. The molecule has 0 radical (unpaired) electrons. The zero-order chi connectivity index (χ0) is 13.0. The Kier molecular flexibility index (Phi) is 5.39. The smallest absolute Gasteiger partial charge is 0.150 e. The third-order valence-corrected chi connectivity index (χ3v) is 2.75. The Bertz CT molecular complexity index is 565. The molecule has 3 nitrogen and oxygen atoms in total. The van der Waals surface area contributed by atoms with E-state index < -0.39 is 0 Å². The van der Waals surface area contributed by atoms with E-state index in [1.54, 1.807) is 0 Å². The van der Waals surface area contributed by atoms with E-state index in [1.807, 2.05) is 49.4 Å². The molecule has 0 aliphatic carbocycles.